The van der Waals surface area contributed by atoms with Crippen molar-refractivity contribution >= 4 is 34.3 Å². The summed E-state index contributed by atoms with van der Waals surface area (Å²) in [6, 6.07) is 19.1. The minimum absolute atomic E-state index is 0. The second-order valence-corrected chi connectivity index (χ2v) is 8.59. The quantitative estimate of drug-likeness (QED) is 0.122. The number of aromatic nitrogens is 1. The predicted octanol–water partition coefficient (Wildman–Crippen LogP) is -2.12. The maximum absolute atomic E-state index is 10.8. The van der Waals surface area contributed by atoms with Gasteiger partial charge in [0.25, 0.3) is 0 Å². The van der Waals surface area contributed by atoms with Crippen LogP contribution in [0.15, 0.2) is 71.3 Å². The van der Waals surface area contributed by atoms with E-state index in [1.54, 1.807) is 6.26 Å². The molecule has 3 aromatic carbocycles. The van der Waals surface area contributed by atoms with Crippen LogP contribution in [-0.2, 0) is 9.59 Å². The Morgan fingerprint density at radius 1 is 0.865 bits per heavy atom. The van der Waals surface area contributed by atoms with E-state index in [9.17, 15) is 19.8 Å². The summed E-state index contributed by atoms with van der Waals surface area (Å²) in [6.45, 7) is 0.439. The molecule has 7 nitrogen and oxygen atoms in total. The van der Waals surface area contributed by atoms with Gasteiger partial charge in [0.15, 0.2) is 0 Å². The first-order valence-corrected chi connectivity index (χ1v) is 11.6. The second kappa shape index (κ2) is 14.9. The van der Waals surface area contributed by atoms with Gasteiger partial charge in [0.05, 0.1) is 18.5 Å². The Kier molecular flexibility index (Phi) is 12.7. The Balaban J connectivity index is 0.00000241. The molecule has 4 rings (SSSR count). The molecule has 0 aliphatic rings. The number of carbonyl (C=O) groups excluding carboxylic acids is 2. The van der Waals surface area contributed by atoms with Crippen LogP contribution < -0.4 is 74.1 Å². The number of halogens is 1. The minimum Gasteiger partial charge on any atom is -0.549 e. The summed E-state index contributed by atoms with van der Waals surface area (Å²) in [4.78, 5) is 26.1. The van der Waals surface area contributed by atoms with Crippen LogP contribution in [0.3, 0.4) is 0 Å². The average Bonchev–Trinajstić information content (AvgIpc) is 3.33. The third-order valence-corrected chi connectivity index (χ3v) is 5.93. The third-order valence-electron chi connectivity index (χ3n) is 5.68. The zero-order chi connectivity index (χ0) is 24.8. The van der Waals surface area contributed by atoms with E-state index >= 15 is 0 Å². The number of hydrogen-bond donors (Lipinski definition) is 0. The van der Waals surface area contributed by atoms with Crippen molar-refractivity contribution < 1.29 is 88.1 Å². The molecule has 37 heavy (non-hydrogen) atoms. The molecule has 1 aromatic heterocycles. The molecule has 0 atom stereocenters. The van der Waals surface area contributed by atoms with Crippen LogP contribution in [0.2, 0.25) is 5.02 Å². The maximum Gasteiger partial charge on any atom is 1.00 e. The summed E-state index contributed by atoms with van der Waals surface area (Å²) in [6.07, 6.45) is 3.37. The fraction of sp³-hybridized carbons (Fsp3) is 0.222. The van der Waals surface area contributed by atoms with Crippen molar-refractivity contribution in [1.82, 2.24) is 4.98 Å². The number of unbranched alkanes of at least 4 members (excludes halogenated alkanes) is 2. The maximum atomic E-state index is 10.8. The van der Waals surface area contributed by atoms with Gasteiger partial charge in [0, 0.05) is 22.1 Å². The molecule has 0 fully saturated rings. The second-order valence-electron chi connectivity index (χ2n) is 8.16. The molecule has 0 radical (unpaired) electrons. The summed E-state index contributed by atoms with van der Waals surface area (Å²) >= 11 is 5.95. The van der Waals surface area contributed by atoms with Crippen molar-refractivity contribution in [1.29, 1.82) is 0 Å². The SMILES string of the molecule is O=C([O-])C(CCCCCOc1ccc2cc(-c3nc(-c4ccc(Cl)cc4)co3)ccc2c1)C(=O)[O-].[Na+].[Na+]. The molecule has 0 saturated heterocycles. The number of oxazole rings is 1. The topological polar surface area (TPSA) is 116 Å². The van der Waals surface area contributed by atoms with E-state index in [0.29, 0.717) is 42.5 Å². The molecule has 0 aliphatic carbocycles. The van der Waals surface area contributed by atoms with Crippen LogP contribution in [0, 0.1) is 5.92 Å². The van der Waals surface area contributed by atoms with Crippen LogP contribution in [0.25, 0.3) is 33.5 Å². The zero-order valence-corrected chi connectivity index (χ0v) is 25.5. The average molecular weight is 538 g/mol. The molecule has 0 amide bonds. The third kappa shape index (κ3) is 8.58. The van der Waals surface area contributed by atoms with Gasteiger partial charge in [0.1, 0.15) is 17.7 Å². The fourth-order valence-corrected chi connectivity index (χ4v) is 3.88. The summed E-state index contributed by atoms with van der Waals surface area (Å²) in [5.41, 5.74) is 2.51. The number of hydrogen-bond acceptors (Lipinski definition) is 7. The standard InChI is InChI=1S/C27H24ClNO6.2Na/c28-21-10-7-17(8-11-21)24-16-35-25(29-24)20-6-5-19-15-22(12-9-18(19)14-20)34-13-3-1-2-4-23(26(30)31)27(32)33;;/h5-12,14-16,23H,1-4,13H2,(H,30,31)(H,32,33);;/q;2*+1/p-2. The van der Waals surface area contributed by atoms with E-state index in [-0.39, 0.29) is 65.5 Å². The Labute approximate surface area is 263 Å². The number of ether oxygens (including phenoxy) is 1. The van der Waals surface area contributed by atoms with E-state index < -0.39 is 17.9 Å². The van der Waals surface area contributed by atoms with Gasteiger partial charge in [-0.3, -0.25) is 0 Å². The van der Waals surface area contributed by atoms with E-state index in [0.717, 1.165) is 27.6 Å². The van der Waals surface area contributed by atoms with Crippen molar-refractivity contribution in [3.05, 3.63) is 71.9 Å². The van der Waals surface area contributed by atoms with Gasteiger partial charge in [-0.1, -0.05) is 48.7 Å². The van der Waals surface area contributed by atoms with Gasteiger partial charge in [-0.2, -0.15) is 0 Å². The summed E-state index contributed by atoms with van der Waals surface area (Å²) in [5.74, 6) is -3.54. The number of fused-ring (bicyclic) bond motifs is 1. The van der Waals surface area contributed by atoms with Gasteiger partial charge in [-0.25, -0.2) is 4.98 Å². The molecule has 4 aromatic rings. The number of rotatable bonds is 11. The van der Waals surface area contributed by atoms with Gasteiger partial charge in [-0.05, 0) is 60.0 Å². The number of benzene rings is 3. The predicted molar refractivity (Wildman–Crippen MR) is 127 cm³/mol. The summed E-state index contributed by atoms with van der Waals surface area (Å²) in [5, 5.41) is 24.2. The van der Waals surface area contributed by atoms with Crippen molar-refractivity contribution in [2.24, 2.45) is 5.92 Å². The number of carboxylic acids is 2. The van der Waals surface area contributed by atoms with Crippen LogP contribution in [0.5, 0.6) is 5.75 Å². The molecule has 0 N–H and O–H groups in total. The molecule has 180 valence electrons. The smallest absolute Gasteiger partial charge is 0.549 e. The number of carbonyl (C=O) groups is 2. The van der Waals surface area contributed by atoms with Gasteiger partial charge < -0.3 is 29.0 Å². The van der Waals surface area contributed by atoms with Gasteiger partial charge >= 0.3 is 59.1 Å². The molecular weight excluding hydrogens is 516 g/mol. The van der Waals surface area contributed by atoms with E-state index in [2.05, 4.69) is 4.98 Å². The van der Waals surface area contributed by atoms with Crippen molar-refractivity contribution in [3.8, 4) is 28.5 Å². The van der Waals surface area contributed by atoms with Crippen LogP contribution in [0.4, 0.5) is 0 Å². The summed E-state index contributed by atoms with van der Waals surface area (Å²) in [7, 11) is 0. The summed E-state index contributed by atoms with van der Waals surface area (Å²) < 4.78 is 11.5. The molecule has 0 unspecified atom stereocenters. The Bertz CT molecular complexity index is 1330. The normalized spacial score (nSPS) is 10.5. The molecule has 0 saturated carbocycles. The van der Waals surface area contributed by atoms with Crippen LogP contribution in [-0.4, -0.2) is 23.5 Å². The van der Waals surface area contributed by atoms with Crippen LogP contribution >= 0.6 is 11.6 Å². The number of aliphatic carboxylic acids is 2. The van der Waals surface area contributed by atoms with E-state index in [4.69, 9.17) is 20.8 Å². The van der Waals surface area contributed by atoms with Crippen molar-refractivity contribution in [2.45, 2.75) is 25.7 Å². The Hall–Kier alpha value is -1.84. The first-order chi connectivity index (χ1) is 16.9. The largest absolute Gasteiger partial charge is 1.00 e. The fourth-order valence-electron chi connectivity index (χ4n) is 3.76. The molecule has 10 heteroatoms. The molecule has 1 heterocycles. The van der Waals surface area contributed by atoms with E-state index in [1.165, 1.54) is 0 Å². The van der Waals surface area contributed by atoms with Gasteiger partial charge in [-0.15, -0.1) is 0 Å². The Morgan fingerprint density at radius 2 is 1.51 bits per heavy atom. The molecule has 0 bridgehead atoms. The monoisotopic (exact) mass is 537 g/mol. The van der Waals surface area contributed by atoms with Gasteiger partial charge in [0.2, 0.25) is 5.89 Å². The molecule has 0 spiro atoms. The molecular formula is C27H22ClNNa2O6. The first-order valence-electron chi connectivity index (χ1n) is 11.2. The first kappa shape index (κ1) is 31.4. The van der Waals surface area contributed by atoms with Crippen molar-refractivity contribution in [3.63, 3.8) is 0 Å². The Morgan fingerprint density at radius 3 is 2.22 bits per heavy atom. The number of nitrogens with zero attached hydrogens (tertiary/aromatic N) is 1. The molecule has 0 aliphatic heterocycles. The zero-order valence-electron chi connectivity index (χ0n) is 20.7. The number of carboxylic acid groups (broad SMARTS) is 2. The van der Waals surface area contributed by atoms with E-state index in [1.807, 2.05) is 60.7 Å². The van der Waals surface area contributed by atoms with Crippen LogP contribution in [0.1, 0.15) is 25.7 Å². The minimum atomic E-state index is -1.61. The van der Waals surface area contributed by atoms with Crippen molar-refractivity contribution in [2.75, 3.05) is 6.61 Å².